The van der Waals surface area contributed by atoms with E-state index < -0.39 is 29.4 Å². The number of ether oxygens (including phenoxy) is 3. The number of anilines is 1. The fraction of sp³-hybridized carbons (Fsp3) is 0.387. The molecule has 2 aromatic carbocycles. The molecule has 43 heavy (non-hydrogen) atoms. The summed E-state index contributed by atoms with van der Waals surface area (Å²) in [6.45, 7) is 7.48. The number of aliphatic imine (C=N–C) groups is 1. The van der Waals surface area contributed by atoms with E-state index in [2.05, 4.69) is 20.7 Å². The van der Waals surface area contributed by atoms with Gasteiger partial charge in [0.15, 0.2) is 5.82 Å². The molecule has 3 aromatic rings. The molecule has 2 aliphatic heterocycles. The molecule has 12 heteroatoms. The van der Waals surface area contributed by atoms with Gasteiger partial charge in [-0.05, 0) is 43.7 Å². The summed E-state index contributed by atoms with van der Waals surface area (Å²) in [6.07, 6.45) is 0. The second-order valence-electron chi connectivity index (χ2n) is 10.3. The van der Waals surface area contributed by atoms with E-state index in [0.29, 0.717) is 54.7 Å². The normalized spacial score (nSPS) is 18.3. The van der Waals surface area contributed by atoms with E-state index in [0.717, 1.165) is 18.7 Å². The number of hydrazine groups is 1. The molecule has 5 rings (SSSR count). The van der Waals surface area contributed by atoms with Crippen molar-refractivity contribution in [3.05, 3.63) is 81.8 Å². The van der Waals surface area contributed by atoms with Crippen molar-refractivity contribution < 1.29 is 23.8 Å². The number of morpholine rings is 1. The Balaban J connectivity index is 1.58. The second kappa shape index (κ2) is 13.6. The Morgan fingerprint density at radius 1 is 1.05 bits per heavy atom. The molecular formula is C31H36N6O6. The van der Waals surface area contributed by atoms with Gasteiger partial charge >= 0.3 is 11.7 Å². The van der Waals surface area contributed by atoms with E-state index in [1.807, 2.05) is 30.3 Å². The summed E-state index contributed by atoms with van der Waals surface area (Å²) in [5, 5.41) is 0. The maximum atomic E-state index is 13.5. The number of benzene rings is 2. The van der Waals surface area contributed by atoms with Crippen LogP contribution in [0.15, 0.2) is 64.4 Å². The molecule has 2 N–H and O–H groups in total. The molecule has 1 amide bonds. The fourth-order valence-corrected chi connectivity index (χ4v) is 5.46. The van der Waals surface area contributed by atoms with Crippen molar-refractivity contribution in [3.63, 3.8) is 0 Å². The average Bonchev–Trinajstić information content (AvgIpc) is 3.03. The molecule has 226 valence electrons. The van der Waals surface area contributed by atoms with Crippen molar-refractivity contribution in [2.45, 2.75) is 26.3 Å². The fourth-order valence-electron chi connectivity index (χ4n) is 5.46. The smallest absolute Gasteiger partial charge is 0.351 e. The van der Waals surface area contributed by atoms with E-state index in [1.54, 1.807) is 49.8 Å². The molecule has 3 heterocycles. The molecular weight excluding hydrogens is 552 g/mol. The number of rotatable bonds is 10. The molecule has 12 nitrogen and oxygen atoms in total. The molecule has 0 aliphatic carbocycles. The van der Waals surface area contributed by atoms with Crippen LogP contribution in [0.25, 0.3) is 0 Å². The lowest BCUT2D eigenvalue weighted by molar-refractivity contribution is -0.146. The lowest BCUT2D eigenvalue weighted by atomic mass is 9.76. The largest absolute Gasteiger partial charge is 0.497 e. The molecule has 1 aromatic heterocycles. The Morgan fingerprint density at radius 2 is 1.77 bits per heavy atom. The first kappa shape index (κ1) is 29.9. The van der Waals surface area contributed by atoms with E-state index in [1.165, 1.54) is 0 Å². The lowest BCUT2D eigenvalue weighted by Gasteiger charge is -2.33. The Morgan fingerprint density at radius 3 is 2.44 bits per heavy atom. The van der Waals surface area contributed by atoms with E-state index in [-0.39, 0.29) is 12.4 Å². The number of aromatic nitrogens is 2. The number of amides is 1. The summed E-state index contributed by atoms with van der Waals surface area (Å²) >= 11 is 0. The zero-order chi connectivity index (χ0) is 30.3. The predicted molar refractivity (Wildman–Crippen MR) is 161 cm³/mol. The summed E-state index contributed by atoms with van der Waals surface area (Å²) in [7, 11) is 1.55. The standard InChI is InChI=1S/C31H36N6O6/c1-4-43-30(39)24-20(2)32-28-26(25(24)21-8-6-5-7-9-21)27(34-35-29(38)22-10-12-23(41-3)13-11-22)33-31(40)37(28)15-14-36-16-18-42-19-17-36/h5-13,24-25H,4,14-19H2,1-3H3,(H,35,38)(H,33,34,40). The average molecular weight is 589 g/mol. The molecule has 2 unspecified atom stereocenters. The van der Waals surface area contributed by atoms with Gasteiger partial charge in [0.05, 0.1) is 26.9 Å². The zero-order valence-corrected chi connectivity index (χ0v) is 24.5. The Kier molecular flexibility index (Phi) is 9.48. The van der Waals surface area contributed by atoms with Crippen LogP contribution in [0.4, 0.5) is 11.6 Å². The molecule has 0 bridgehead atoms. The van der Waals surface area contributed by atoms with Crippen LogP contribution in [0, 0.1) is 5.92 Å². The number of hydrogen-bond donors (Lipinski definition) is 2. The first-order valence-corrected chi connectivity index (χ1v) is 14.3. The van der Waals surface area contributed by atoms with E-state index in [4.69, 9.17) is 19.2 Å². The summed E-state index contributed by atoms with van der Waals surface area (Å²) < 4.78 is 17.7. The van der Waals surface area contributed by atoms with Crippen molar-refractivity contribution in [2.75, 3.05) is 52.0 Å². The molecule has 0 spiro atoms. The van der Waals surface area contributed by atoms with E-state index in [9.17, 15) is 14.4 Å². The summed E-state index contributed by atoms with van der Waals surface area (Å²) in [6, 6.07) is 16.1. The van der Waals surface area contributed by atoms with E-state index >= 15 is 0 Å². The number of nitrogens with one attached hydrogen (secondary N) is 2. The number of esters is 1. The molecule has 1 saturated heterocycles. The topological polar surface area (TPSA) is 136 Å². The maximum absolute atomic E-state index is 13.5. The Bertz CT molecular complexity index is 1530. The quantitative estimate of drug-likeness (QED) is 0.271. The predicted octanol–water partition coefficient (Wildman–Crippen LogP) is 2.76. The highest BCUT2D eigenvalue weighted by Gasteiger charge is 2.42. The van der Waals surface area contributed by atoms with Gasteiger partial charge in [-0.3, -0.25) is 29.9 Å². The molecule has 2 atom stereocenters. The number of carbonyl (C=O) groups is 2. The van der Waals surface area contributed by atoms with Crippen LogP contribution in [0.3, 0.4) is 0 Å². The molecule has 0 saturated carbocycles. The number of nitrogens with zero attached hydrogens (tertiary/aromatic N) is 4. The summed E-state index contributed by atoms with van der Waals surface area (Å²) in [5.41, 5.74) is 7.25. The van der Waals surface area contributed by atoms with Gasteiger partial charge in [0.2, 0.25) is 0 Å². The van der Waals surface area contributed by atoms with Crippen LogP contribution in [0.5, 0.6) is 5.75 Å². The van der Waals surface area contributed by atoms with Gasteiger partial charge in [-0.25, -0.2) is 9.79 Å². The second-order valence-corrected chi connectivity index (χ2v) is 10.3. The molecule has 1 fully saturated rings. The minimum absolute atomic E-state index is 0.115. The minimum Gasteiger partial charge on any atom is -0.497 e. The highest BCUT2D eigenvalue weighted by atomic mass is 16.5. The van der Waals surface area contributed by atoms with Crippen LogP contribution in [-0.2, 0) is 20.8 Å². The van der Waals surface area contributed by atoms with Gasteiger partial charge in [0.25, 0.3) is 5.91 Å². The summed E-state index contributed by atoms with van der Waals surface area (Å²) in [5.74, 6) is -1.10. The summed E-state index contributed by atoms with van der Waals surface area (Å²) in [4.78, 5) is 51.4. The van der Waals surface area contributed by atoms with Crippen molar-refractivity contribution >= 4 is 29.2 Å². The van der Waals surface area contributed by atoms with Gasteiger partial charge < -0.3 is 14.2 Å². The third kappa shape index (κ3) is 6.60. The van der Waals surface area contributed by atoms with Crippen molar-refractivity contribution in [1.82, 2.24) is 19.9 Å². The van der Waals surface area contributed by atoms with Crippen LogP contribution >= 0.6 is 0 Å². The van der Waals surface area contributed by atoms with Crippen molar-refractivity contribution in [1.29, 1.82) is 0 Å². The van der Waals surface area contributed by atoms with Crippen LogP contribution in [0.1, 0.15) is 41.3 Å². The number of carbonyl (C=O) groups excluding carboxylic acids is 2. The lowest BCUT2D eigenvalue weighted by Crippen LogP contribution is -2.41. The third-order valence-corrected chi connectivity index (χ3v) is 7.66. The third-order valence-electron chi connectivity index (χ3n) is 7.66. The van der Waals surface area contributed by atoms with Crippen LogP contribution in [0.2, 0.25) is 0 Å². The van der Waals surface area contributed by atoms with Crippen molar-refractivity contribution in [2.24, 2.45) is 10.9 Å². The first-order chi connectivity index (χ1) is 20.9. The number of hydrogen-bond acceptors (Lipinski definition) is 10. The minimum atomic E-state index is -0.764. The molecule has 2 aliphatic rings. The van der Waals surface area contributed by atoms with Gasteiger partial charge in [0, 0.05) is 48.9 Å². The monoisotopic (exact) mass is 588 g/mol. The molecule has 0 radical (unpaired) electrons. The van der Waals surface area contributed by atoms with Gasteiger partial charge in [-0.1, -0.05) is 30.3 Å². The van der Waals surface area contributed by atoms with Gasteiger partial charge in [-0.15, -0.1) is 0 Å². The van der Waals surface area contributed by atoms with Gasteiger partial charge in [-0.2, -0.15) is 4.98 Å². The van der Waals surface area contributed by atoms with Crippen molar-refractivity contribution in [3.8, 4) is 5.75 Å². The Labute approximate surface area is 249 Å². The van der Waals surface area contributed by atoms with Crippen LogP contribution < -0.4 is 21.3 Å². The zero-order valence-electron chi connectivity index (χ0n) is 24.5. The number of methoxy groups -OCH3 is 1. The van der Waals surface area contributed by atoms with Gasteiger partial charge in [0.1, 0.15) is 17.5 Å². The number of fused-ring (bicyclic) bond motifs is 1. The van der Waals surface area contributed by atoms with Crippen LogP contribution in [-0.4, -0.2) is 78.6 Å². The SMILES string of the molecule is CCOC(=O)C1C(C)=Nc2c(c(NNC(=O)c3ccc(OC)cc3)nc(=O)n2CCN2CCOCC2)C1c1ccccc1. The first-order valence-electron chi connectivity index (χ1n) is 14.3. The highest BCUT2D eigenvalue weighted by molar-refractivity contribution is 6.05. The Hall–Kier alpha value is -4.55. The maximum Gasteiger partial charge on any atom is 0.351 e. The highest BCUT2D eigenvalue weighted by Crippen LogP contribution is 2.45.